The first-order valence-electron chi connectivity index (χ1n) is 8.40. The van der Waals surface area contributed by atoms with Crippen LogP contribution in [0.2, 0.25) is 0 Å². The van der Waals surface area contributed by atoms with Gasteiger partial charge in [0, 0.05) is 32.1 Å². The summed E-state index contributed by atoms with van der Waals surface area (Å²) >= 11 is 0. The molecule has 0 radical (unpaired) electrons. The molecule has 0 N–H and O–H groups in total. The van der Waals surface area contributed by atoms with E-state index < -0.39 is 10.0 Å². The summed E-state index contributed by atoms with van der Waals surface area (Å²) < 4.78 is 32.3. The molecule has 0 unspecified atom stereocenters. The number of nitrogens with zero attached hydrogens (tertiary/aromatic N) is 3. The van der Waals surface area contributed by atoms with Crippen LogP contribution in [0.5, 0.6) is 0 Å². The Morgan fingerprint density at radius 2 is 1.76 bits per heavy atom. The molecule has 1 aromatic carbocycles. The van der Waals surface area contributed by atoms with Crippen LogP contribution in [0.3, 0.4) is 0 Å². The Kier molecular flexibility index (Phi) is 5.37. The van der Waals surface area contributed by atoms with E-state index in [0.717, 1.165) is 0 Å². The monoisotopic (exact) mass is 363 g/mol. The lowest BCUT2D eigenvalue weighted by molar-refractivity contribution is -0.140. The zero-order valence-electron chi connectivity index (χ0n) is 13.9. The first-order valence-corrected chi connectivity index (χ1v) is 9.84. The van der Waals surface area contributed by atoms with E-state index in [9.17, 15) is 13.2 Å². The highest BCUT2D eigenvalue weighted by Gasteiger charge is 2.34. The van der Waals surface area contributed by atoms with Crippen molar-refractivity contribution >= 4 is 15.9 Å². The Hall–Kier alpha value is -1.95. The van der Waals surface area contributed by atoms with Gasteiger partial charge in [0.15, 0.2) is 0 Å². The van der Waals surface area contributed by atoms with Crippen LogP contribution in [0, 0.1) is 17.2 Å². The van der Waals surface area contributed by atoms with Gasteiger partial charge in [0.1, 0.15) is 6.07 Å². The topological polar surface area (TPSA) is 90.7 Å². The highest BCUT2D eigenvalue weighted by molar-refractivity contribution is 7.89. The van der Waals surface area contributed by atoms with E-state index in [-0.39, 0.29) is 22.3 Å². The van der Waals surface area contributed by atoms with Gasteiger partial charge in [-0.25, -0.2) is 8.42 Å². The lowest BCUT2D eigenvalue weighted by atomic mass is 9.96. The summed E-state index contributed by atoms with van der Waals surface area (Å²) in [6, 6.07) is 8.15. The van der Waals surface area contributed by atoms with E-state index in [2.05, 4.69) is 0 Å². The van der Waals surface area contributed by atoms with Crippen molar-refractivity contribution in [1.29, 1.82) is 5.26 Å². The van der Waals surface area contributed by atoms with E-state index >= 15 is 0 Å². The number of nitriles is 1. The van der Waals surface area contributed by atoms with Crippen LogP contribution < -0.4 is 0 Å². The van der Waals surface area contributed by atoms with Crippen LogP contribution in [0.25, 0.3) is 0 Å². The molecule has 0 atom stereocenters. The van der Waals surface area contributed by atoms with Crippen molar-refractivity contribution in [2.24, 2.45) is 5.92 Å². The lowest BCUT2D eigenvalue weighted by Crippen LogP contribution is -2.47. The summed E-state index contributed by atoms with van der Waals surface area (Å²) in [6.45, 7) is 2.92. The summed E-state index contributed by atoms with van der Waals surface area (Å²) in [5.41, 5.74) is 0.147. The number of amides is 1. The number of rotatable bonds is 3. The van der Waals surface area contributed by atoms with Gasteiger partial charge < -0.3 is 9.64 Å². The summed E-state index contributed by atoms with van der Waals surface area (Å²) in [6.07, 6.45) is 1.01. The van der Waals surface area contributed by atoms with Crippen molar-refractivity contribution in [3.8, 4) is 6.07 Å². The minimum absolute atomic E-state index is 0.0375. The number of piperidine rings is 1. The predicted molar refractivity (Wildman–Crippen MR) is 90.0 cm³/mol. The molecule has 0 saturated carbocycles. The van der Waals surface area contributed by atoms with Crippen LogP contribution >= 0.6 is 0 Å². The van der Waals surface area contributed by atoms with Gasteiger partial charge in [-0.15, -0.1) is 0 Å². The number of carbonyl (C=O) groups excluding carboxylic acids is 1. The molecule has 2 saturated heterocycles. The van der Waals surface area contributed by atoms with Crippen molar-refractivity contribution in [3.63, 3.8) is 0 Å². The number of ether oxygens (including phenoxy) is 1. The van der Waals surface area contributed by atoms with Crippen LogP contribution in [-0.2, 0) is 19.6 Å². The van der Waals surface area contributed by atoms with Gasteiger partial charge >= 0.3 is 0 Å². The molecule has 0 aromatic heterocycles. The number of hydrogen-bond donors (Lipinski definition) is 0. The van der Waals surface area contributed by atoms with Crippen LogP contribution in [0.4, 0.5) is 0 Å². The SMILES string of the molecule is N#Cc1ccccc1S(=O)(=O)N1CCC(C(=O)N2CCOCC2)CC1. The Balaban J connectivity index is 1.67. The molecule has 0 aliphatic carbocycles. The molecule has 1 amide bonds. The average molecular weight is 363 g/mol. The Labute approximate surface area is 147 Å². The van der Waals surface area contributed by atoms with Crippen molar-refractivity contribution in [3.05, 3.63) is 29.8 Å². The van der Waals surface area contributed by atoms with Crippen LogP contribution in [-0.4, -0.2) is 62.9 Å². The Morgan fingerprint density at radius 3 is 2.40 bits per heavy atom. The lowest BCUT2D eigenvalue weighted by Gasteiger charge is -2.35. The molecule has 0 bridgehead atoms. The first kappa shape index (κ1) is 17.9. The molecular formula is C17H21N3O4S. The normalized spacial score (nSPS) is 20.2. The molecule has 2 aliphatic heterocycles. The van der Waals surface area contributed by atoms with E-state index in [1.807, 2.05) is 11.0 Å². The number of sulfonamides is 1. The predicted octanol–water partition coefficient (Wildman–Crippen LogP) is 0.818. The fourth-order valence-corrected chi connectivity index (χ4v) is 4.92. The fourth-order valence-electron chi connectivity index (χ4n) is 3.31. The Bertz CT molecular complexity index is 773. The second kappa shape index (κ2) is 7.52. The van der Waals surface area contributed by atoms with E-state index in [1.54, 1.807) is 12.1 Å². The molecule has 8 heteroatoms. The molecule has 3 rings (SSSR count). The second-order valence-corrected chi connectivity index (χ2v) is 8.13. The molecule has 1 aromatic rings. The minimum Gasteiger partial charge on any atom is -0.378 e. The van der Waals surface area contributed by atoms with Crippen molar-refractivity contribution in [1.82, 2.24) is 9.21 Å². The fraction of sp³-hybridized carbons (Fsp3) is 0.529. The van der Waals surface area contributed by atoms with Crippen molar-refractivity contribution < 1.29 is 17.9 Å². The number of hydrogen-bond acceptors (Lipinski definition) is 5. The van der Waals surface area contributed by atoms with Crippen molar-refractivity contribution in [2.75, 3.05) is 39.4 Å². The number of carbonyl (C=O) groups is 1. The minimum atomic E-state index is -3.71. The van der Waals surface area contributed by atoms with Crippen molar-refractivity contribution in [2.45, 2.75) is 17.7 Å². The average Bonchev–Trinajstić information content (AvgIpc) is 2.68. The first-order chi connectivity index (χ1) is 12.0. The number of morpholine rings is 1. The van der Waals surface area contributed by atoms with Gasteiger partial charge in [0.05, 0.1) is 23.7 Å². The van der Waals surface area contributed by atoms with E-state index in [0.29, 0.717) is 52.2 Å². The highest BCUT2D eigenvalue weighted by Crippen LogP contribution is 2.26. The standard InChI is InChI=1S/C17H21N3O4S/c18-13-15-3-1-2-4-16(15)25(22,23)20-7-5-14(6-8-20)17(21)19-9-11-24-12-10-19/h1-4,14H,5-12H2. The second-order valence-electron chi connectivity index (χ2n) is 6.22. The molecular weight excluding hydrogens is 342 g/mol. The van der Waals surface area contributed by atoms with Gasteiger partial charge in [0.2, 0.25) is 15.9 Å². The molecule has 7 nitrogen and oxygen atoms in total. The quantitative estimate of drug-likeness (QED) is 0.793. The molecule has 2 fully saturated rings. The van der Waals surface area contributed by atoms with Gasteiger partial charge in [0.25, 0.3) is 0 Å². The maximum Gasteiger partial charge on any atom is 0.244 e. The smallest absolute Gasteiger partial charge is 0.244 e. The third-order valence-corrected chi connectivity index (χ3v) is 6.71. The maximum absolute atomic E-state index is 12.8. The Morgan fingerprint density at radius 1 is 1.12 bits per heavy atom. The molecule has 2 aliphatic rings. The van der Waals surface area contributed by atoms with E-state index in [4.69, 9.17) is 10.00 Å². The van der Waals surface area contributed by atoms with Crippen LogP contribution in [0.15, 0.2) is 29.2 Å². The summed E-state index contributed by atoms with van der Waals surface area (Å²) in [5.74, 6) is -0.0477. The number of benzene rings is 1. The molecule has 25 heavy (non-hydrogen) atoms. The summed E-state index contributed by atoms with van der Waals surface area (Å²) in [5, 5.41) is 9.15. The van der Waals surface area contributed by atoms with Gasteiger partial charge in [-0.2, -0.15) is 9.57 Å². The third kappa shape index (κ3) is 3.68. The maximum atomic E-state index is 12.8. The van der Waals surface area contributed by atoms with Gasteiger partial charge in [-0.1, -0.05) is 12.1 Å². The zero-order valence-corrected chi connectivity index (χ0v) is 14.7. The highest BCUT2D eigenvalue weighted by atomic mass is 32.2. The zero-order chi connectivity index (χ0) is 17.9. The largest absolute Gasteiger partial charge is 0.378 e. The van der Waals surface area contributed by atoms with E-state index in [1.165, 1.54) is 16.4 Å². The van der Waals surface area contributed by atoms with Gasteiger partial charge in [-0.05, 0) is 25.0 Å². The summed E-state index contributed by atoms with van der Waals surface area (Å²) in [4.78, 5) is 14.4. The van der Waals surface area contributed by atoms with Gasteiger partial charge in [-0.3, -0.25) is 4.79 Å². The molecule has 0 spiro atoms. The molecule has 2 heterocycles. The summed E-state index contributed by atoms with van der Waals surface area (Å²) in [7, 11) is -3.71. The molecule has 134 valence electrons. The third-order valence-electron chi connectivity index (χ3n) is 4.75. The van der Waals surface area contributed by atoms with Crippen LogP contribution in [0.1, 0.15) is 18.4 Å².